The van der Waals surface area contributed by atoms with Crippen molar-refractivity contribution in [3.63, 3.8) is 0 Å². The normalized spacial score (nSPS) is 14.6. The average Bonchev–Trinajstić information content (AvgIpc) is 3.13. The Morgan fingerprint density at radius 3 is 3.00 bits per heavy atom. The summed E-state index contributed by atoms with van der Waals surface area (Å²) in [7, 11) is 0. The second-order valence-corrected chi connectivity index (χ2v) is 6.53. The molecule has 2 aromatic heterocycles. The number of aromatic nitrogens is 2. The maximum Gasteiger partial charge on any atom is 0.251 e. The zero-order valence-corrected chi connectivity index (χ0v) is 15.5. The highest BCUT2D eigenvalue weighted by molar-refractivity contribution is 6.16. The largest absolute Gasteiger partial charge is 0.352 e. The molecule has 0 spiro atoms. The molecule has 0 bridgehead atoms. The number of aliphatic imine (C=N–C) groups is 1. The Kier molecular flexibility index (Phi) is 4.59. The molecule has 4 rings (SSSR count). The highest BCUT2D eigenvalue weighted by atomic mass is 16.1. The third-order valence-corrected chi connectivity index (χ3v) is 4.95. The Morgan fingerprint density at radius 2 is 2.19 bits per heavy atom. The van der Waals surface area contributed by atoms with E-state index >= 15 is 0 Å². The van der Waals surface area contributed by atoms with Crippen molar-refractivity contribution >= 4 is 28.7 Å². The molecule has 1 aromatic carbocycles. The molecule has 0 unspecified atom stereocenters. The maximum atomic E-state index is 12.0. The molecule has 0 radical (unpaired) electrons. The lowest BCUT2D eigenvalue weighted by molar-refractivity contribution is 0.0946. The molecule has 0 saturated carbocycles. The Labute approximate surface area is 158 Å². The minimum atomic E-state index is 0.0102. The number of carbonyl (C=O) groups excluding carboxylic acids is 1. The quantitative estimate of drug-likeness (QED) is 0.692. The van der Waals surface area contributed by atoms with E-state index in [1.807, 2.05) is 50.7 Å². The van der Waals surface area contributed by atoms with Gasteiger partial charge in [-0.2, -0.15) is 0 Å². The van der Waals surface area contributed by atoms with Gasteiger partial charge in [-0.05, 0) is 54.7 Å². The Bertz CT molecular complexity index is 1080. The standard InChI is InChI=1S/C22H22N4O/c1-3-14(12-23-4-2)17-8-10-24-21-20(17)19(13-26-21)15-5-6-18-16(11-15)7-9-25-22(18)27/h3,5-6,8,10-13H,4,7,9H2,1-2H3,(H,24,26)(H,25,27)/b14-3+,23-12?. The van der Waals surface area contributed by atoms with E-state index in [9.17, 15) is 4.79 Å². The van der Waals surface area contributed by atoms with Crippen LogP contribution in [0, 0.1) is 0 Å². The summed E-state index contributed by atoms with van der Waals surface area (Å²) in [5.41, 5.74) is 7.07. The third-order valence-electron chi connectivity index (χ3n) is 4.95. The average molecular weight is 358 g/mol. The van der Waals surface area contributed by atoms with E-state index < -0.39 is 0 Å². The van der Waals surface area contributed by atoms with Crippen molar-refractivity contribution in [2.45, 2.75) is 20.3 Å². The molecule has 2 N–H and O–H groups in total. The summed E-state index contributed by atoms with van der Waals surface area (Å²) in [5, 5.41) is 3.97. The Hall–Kier alpha value is -3.21. The smallest absolute Gasteiger partial charge is 0.251 e. The minimum absolute atomic E-state index is 0.0102. The van der Waals surface area contributed by atoms with Crippen LogP contribution < -0.4 is 5.32 Å². The van der Waals surface area contributed by atoms with E-state index in [2.05, 4.69) is 32.4 Å². The van der Waals surface area contributed by atoms with Crippen molar-refractivity contribution in [3.05, 3.63) is 59.4 Å². The topological polar surface area (TPSA) is 70.1 Å². The highest BCUT2D eigenvalue weighted by Gasteiger charge is 2.19. The number of fused-ring (bicyclic) bond motifs is 2. The SMILES string of the molecule is C/C=C(\C=NCC)c1ccnc2[nH]cc(-c3ccc4c(c3)CCNC4=O)c12. The summed E-state index contributed by atoms with van der Waals surface area (Å²) in [6.07, 6.45) is 8.66. The number of nitrogens with one attached hydrogen (secondary N) is 2. The summed E-state index contributed by atoms with van der Waals surface area (Å²) < 4.78 is 0. The van der Waals surface area contributed by atoms with Gasteiger partial charge in [0, 0.05) is 48.2 Å². The molecule has 0 saturated heterocycles. The molecule has 3 aromatic rings. The first kappa shape index (κ1) is 17.2. The third kappa shape index (κ3) is 3.05. The number of amides is 1. The van der Waals surface area contributed by atoms with Crippen LogP contribution in [0.1, 0.15) is 35.3 Å². The van der Waals surface area contributed by atoms with E-state index in [4.69, 9.17) is 0 Å². The molecule has 1 amide bonds. The molecule has 136 valence electrons. The van der Waals surface area contributed by atoms with Gasteiger partial charge in [-0.15, -0.1) is 0 Å². The number of rotatable bonds is 4. The number of pyridine rings is 1. The monoisotopic (exact) mass is 358 g/mol. The molecule has 0 fully saturated rings. The molecular weight excluding hydrogens is 336 g/mol. The van der Waals surface area contributed by atoms with Crippen LogP contribution in [0.15, 0.2) is 47.7 Å². The summed E-state index contributed by atoms with van der Waals surface area (Å²) in [6, 6.07) is 8.09. The van der Waals surface area contributed by atoms with Gasteiger partial charge in [0.05, 0.1) is 0 Å². The van der Waals surface area contributed by atoms with Crippen molar-refractivity contribution in [1.29, 1.82) is 0 Å². The number of carbonyl (C=O) groups is 1. The molecule has 0 aliphatic carbocycles. The van der Waals surface area contributed by atoms with Crippen LogP contribution in [0.2, 0.25) is 0 Å². The summed E-state index contributed by atoms with van der Waals surface area (Å²) in [5.74, 6) is 0.0102. The zero-order chi connectivity index (χ0) is 18.8. The zero-order valence-electron chi connectivity index (χ0n) is 15.5. The van der Waals surface area contributed by atoms with Crippen molar-refractivity contribution in [1.82, 2.24) is 15.3 Å². The van der Waals surface area contributed by atoms with Crippen LogP contribution >= 0.6 is 0 Å². The van der Waals surface area contributed by atoms with Gasteiger partial charge in [-0.1, -0.05) is 18.2 Å². The first-order valence-electron chi connectivity index (χ1n) is 9.27. The van der Waals surface area contributed by atoms with E-state index in [0.717, 1.165) is 57.4 Å². The molecule has 1 aliphatic rings. The molecule has 5 heteroatoms. The van der Waals surface area contributed by atoms with Gasteiger partial charge < -0.3 is 10.3 Å². The molecule has 1 aliphatic heterocycles. The van der Waals surface area contributed by atoms with Crippen molar-refractivity contribution < 1.29 is 4.79 Å². The van der Waals surface area contributed by atoms with Crippen LogP contribution in [-0.2, 0) is 6.42 Å². The number of H-pyrrole nitrogens is 1. The van der Waals surface area contributed by atoms with E-state index in [0.29, 0.717) is 6.54 Å². The second kappa shape index (κ2) is 7.19. The predicted molar refractivity (Wildman–Crippen MR) is 110 cm³/mol. The van der Waals surface area contributed by atoms with Crippen molar-refractivity contribution in [2.24, 2.45) is 4.99 Å². The fraction of sp³-hybridized carbons (Fsp3) is 0.227. The highest BCUT2D eigenvalue weighted by Crippen LogP contribution is 2.34. The number of hydrogen-bond donors (Lipinski definition) is 2. The summed E-state index contributed by atoms with van der Waals surface area (Å²) in [4.78, 5) is 24.2. The molecule has 0 atom stereocenters. The molecule has 3 heterocycles. The van der Waals surface area contributed by atoms with E-state index in [1.54, 1.807) is 0 Å². The number of benzene rings is 1. The molecule has 5 nitrogen and oxygen atoms in total. The van der Waals surface area contributed by atoms with Gasteiger partial charge >= 0.3 is 0 Å². The summed E-state index contributed by atoms with van der Waals surface area (Å²) >= 11 is 0. The van der Waals surface area contributed by atoms with E-state index in [1.165, 1.54) is 0 Å². The van der Waals surface area contributed by atoms with Gasteiger partial charge in [0.1, 0.15) is 5.65 Å². The lowest BCUT2D eigenvalue weighted by Gasteiger charge is -2.17. The molecule has 27 heavy (non-hydrogen) atoms. The van der Waals surface area contributed by atoms with Gasteiger partial charge in [-0.3, -0.25) is 9.79 Å². The Morgan fingerprint density at radius 1 is 1.30 bits per heavy atom. The molecular formula is C22H22N4O. The first-order valence-corrected chi connectivity index (χ1v) is 9.27. The fourth-order valence-electron chi connectivity index (χ4n) is 3.61. The fourth-order valence-corrected chi connectivity index (χ4v) is 3.61. The van der Waals surface area contributed by atoms with Gasteiger partial charge in [0.25, 0.3) is 5.91 Å². The maximum absolute atomic E-state index is 12.0. The van der Waals surface area contributed by atoms with Crippen molar-refractivity contribution in [3.8, 4) is 11.1 Å². The van der Waals surface area contributed by atoms with Crippen LogP contribution in [0.4, 0.5) is 0 Å². The number of allylic oxidation sites excluding steroid dienone is 2. The van der Waals surface area contributed by atoms with Gasteiger partial charge in [0.15, 0.2) is 0 Å². The lowest BCUT2D eigenvalue weighted by Crippen LogP contribution is -2.31. The van der Waals surface area contributed by atoms with Gasteiger partial charge in [-0.25, -0.2) is 4.98 Å². The summed E-state index contributed by atoms with van der Waals surface area (Å²) in [6.45, 7) is 5.48. The number of aromatic amines is 1. The van der Waals surface area contributed by atoms with Crippen molar-refractivity contribution in [2.75, 3.05) is 13.1 Å². The lowest BCUT2D eigenvalue weighted by atomic mass is 9.93. The first-order chi connectivity index (χ1) is 13.2. The van der Waals surface area contributed by atoms with Gasteiger partial charge in [0.2, 0.25) is 0 Å². The van der Waals surface area contributed by atoms with Crippen LogP contribution in [0.25, 0.3) is 27.7 Å². The van der Waals surface area contributed by atoms with Crippen LogP contribution in [0.5, 0.6) is 0 Å². The Balaban J connectivity index is 1.89. The van der Waals surface area contributed by atoms with Crippen LogP contribution in [-0.4, -0.2) is 35.2 Å². The van der Waals surface area contributed by atoms with Crippen LogP contribution in [0.3, 0.4) is 0 Å². The second-order valence-electron chi connectivity index (χ2n) is 6.53. The number of hydrogen-bond acceptors (Lipinski definition) is 3. The minimum Gasteiger partial charge on any atom is -0.352 e. The number of nitrogens with zero attached hydrogens (tertiary/aromatic N) is 2. The van der Waals surface area contributed by atoms with E-state index in [-0.39, 0.29) is 5.91 Å². The predicted octanol–water partition coefficient (Wildman–Crippen LogP) is 4.01.